The molecule has 9 heteroatoms. The molecule has 1 N–H and O–H groups in total. The molecule has 0 aromatic heterocycles. The van der Waals surface area contributed by atoms with Crippen LogP contribution in [0.1, 0.15) is 45.1 Å². The van der Waals surface area contributed by atoms with E-state index in [0.717, 1.165) is 4.90 Å². The van der Waals surface area contributed by atoms with Crippen molar-refractivity contribution in [3.8, 4) is 0 Å². The Morgan fingerprint density at radius 1 is 1.23 bits per heavy atom. The van der Waals surface area contributed by atoms with Crippen LogP contribution in [0.2, 0.25) is 0 Å². The molecule has 0 radical (unpaired) electrons. The molecule has 0 unspecified atom stereocenters. The molecule has 30 heavy (non-hydrogen) atoms. The summed E-state index contributed by atoms with van der Waals surface area (Å²) in [6, 6.07) is 3.80. The SMILES string of the molecule is CC(C)N1C(=O)[C@H]2[C@@H](CCN2C(=O)CCCC(=O)O)N(Cc2cccc(F)c2)C1=O. The van der Waals surface area contributed by atoms with Crippen molar-refractivity contribution >= 4 is 23.8 Å². The van der Waals surface area contributed by atoms with Crippen LogP contribution in [0.3, 0.4) is 0 Å². The quantitative estimate of drug-likeness (QED) is 0.731. The molecule has 8 nitrogen and oxygen atoms in total. The third-order valence-electron chi connectivity index (χ3n) is 5.57. The number of urea groups is 1. The van der Waals surface area contributed by atoms with Crippen molar-refractivity contribution in [3.63, 3.8) is 0 Å². The molecule has 2 atom stereocenters. The fourth-order valence-corrected chi connectivity index (χ4v) is 4.22. The highest BCUT2D eigenvalue weighted by Gasteiger charge is 2.53. The van der Waals surface area contributed by atoms with Crippen LogP contribution in [0.4, 0.5) is 9.18 Å². The predicted molar refractivity (Wildman–Crippen MR) is 105 cm³/mol. The van der Waals surface area contributed by atoms with Gasteiger partial charge in [-0.3, -0.25) is 19.3 Å². The number of likely N-dealkylation sites (tertiary alicyclic amines) is 1. The lowest BCUT2D eigenvalue weighted by Crippen LogP contribution is -2.66. The van der Waals surface area contributed by atoms with Gasteiger partial charge >= 0.3 is 12.0 Å². The Morgan fingerprint density at radius 2 is 1.97 bits per heavy atom. The molecule has 0 saturated carbocycles. The van der Waals surface area contributed by atoms with Crippen LogP contribution in [0.5, 0.6) is 0 Å². The summed E-state index contributed by atoms with van der Waals surface area (Å²) in [4.78, 5) is 53.8. The van der Waals surface area contributed by atoms with E-state index in [4.69, 9.17) is 5.11 Å². The predicted octanol–water partition coefficient (Wildman–Crippen LogP) is 2.22. The van der Waals surface area contributed by atoms with Gasteiger partial charge in [-0.1, -0.05) is 12.1 Å². The summed E-state index contributed by atoms with van der Waals surface area (Å²) in [5, 5.41) is 8.78. The largest absolute Gasteiger partial charge is 0.481 e. The minimum absolute atomic E-state index is 0.0301. The van der Waals surface area contributed by atoms with E-state index in [2.05, 4.69) is 0 Å². The number of carbonyl (C=O) groups excluding carboxylic acids is 3. The van der Waals surface area contributed by atoms with Gasteiger partial charge in [-0.25, -0.2) is 9.18 Å². The number of hydrogen-bond acceptors (Lipinski definition) is 4. The second-order valence-corrected chi connectivity index (χ2v) is 7.98. The van der Waals surface area contributed by atoms with Gasteiger partial charge in [0.2, 0.25) is 5.91 Å². The smallest absolute Gasteiger partial charge is 0.327 e. The molecular weight excluding hydrogens is 393 g/mol. The third-order valence-corrected chi connectivity index (χ3v) is 5.57. The average molecular weight is 419 g/mol. The number of amides is 4. The fourth-order valence-electron chi connectivity index (χ4n) is 4.22. The Kier molecular flexibility index (Phi) is 6.38. The van der Waals surface area contributed by atoms with Gasteiger partial charge in [0.1, 0.15) is 11.9 Å². The molecule has 2 aliphatic rings. The highest BCUT2D eigenvalue weighted by Crippen LogP contribution is 2.33. The van der Waals surface area contributed by atoms with Gasteiger partial charge in [-0.15, -0.1) is 0 Å². The van der Waals surface area contributed by atoms with Gasteiger partial charge in [0, 0.05) is 32.0 Å². The molecule has 0 aliphatic carbocycles. The van der Waals surface area contributed by atoms with Crippen LogP contribution >= 0.6 is 0 Å². The maximum absolute atomic E-state index is 13.6. The second kappa shape index (κ2) is 8.81. The summed E-state index contributed by atoms with van der Waals surface area (Å²) in [6.07, 6.45) is 0.538. The second-order valence-electron chi connectivity index (χ2n) is 7.98. The summed E-state index contributed by atoms with van der Waals surface area (Å²) >= 11 is 0. The van der Waals surface area contributed by atoms with Crippen LogP contribution in [-0.2, 0) is 20.9 Å². The van der Waals surface area contributed by atoms with Crippen LogP contribution < -0.4 is 0 Å². The summed E-state index contributed by atoms with van der Waals surface area (Å²) in [7, 11) is 0. The Labute approximate surface area is 174 Å². The number of fused-ring (bicyclic) bond motifs is 1. The van der Waals surface area contributed by atoms with E-state index in [1.165, 1.54) is 17.0 Å². The maximum Gasteiger partial charge on any atom is 0.327 e. The number of carboxylic acid groups (broad SMARTS) is 1. The lowest BCUT2D eigenvalue weighted by Gasteiger charge is -2.45. The Balaban J connectivity index is 1.85. The van der Waals surface area contributed by atoms with Crippen LogP contribution in [0.15, 0.2) is 24.3 Å². The summed E-state index contributed by atoms with van der Waals surface area (Å²) < 4.78 is 13.6. The first-order valence-corrected chi connectivity index (χ1v) is 10.1. The minimum atomic E-state index is -0.978. The van der Waals surface area contributed by atoms with Crippen molar-refractivity contribution in [2.45, 2.75) is 64.2 Å². The standard InChI is InChI=1S/C21H26FN3O5/c1-13(2)25-20(29)19-16(9-10-23(19)17(26)7-4-8-18(27)28)24(21(25)30)12-14-5-3-6-15(22)11-14/h3,5-6,11,13,16,19H,4,7-10,12H2,1-2H3,(H,27,28)/t16-,19-/m1/s1. The zero-order valence-corrected chi connectivity index (χ0v) is 17.1. The first kappa shape index (κ1) is 21.7. The lowest BCUT2D eigenvalue weighted by atomic mass is 10.0. The number of hydrogen-bond donors (Lipinski definition) is 1. The molecule has 0 bridgehead atoms. The number of carbonyl (C=O) groups is 4. The number of benzene rings is 1. The molecule has 1 aromatic rings. The molecule has 2 aliphatic heterocycles. The number of halogens is 1. The van der Waals surface area contributed by atoms with Crippen LogP contribution in [-0.4, -0.2) is 68.3 Å². The Hall–Kier alpha value is -2.97. The van der Waals surface area contributed by atoms with E-state index >= 15 is 0 Å². The number of aliphatic carboxylic acids is 1. The van der Waals surface area contributed by atoms with E-state index in [-0.39, 0.29) is 31.7 Å². The van der Waals surface area contributed by atoms with E-state index in [9.17, 15) is 23.6 Å². The number of nitrogens with zero attached hydrogens (tertiary/aromatic N) is 3. The number of carboxylic acids is 1. The molecule has 4 amide bonds. The molecule has 2 saturated heterocycles. The van der Waals surface area contributed by atoms with Crippen molar-refractivity contribution in [2.75, 3.05) is 6.54 Å². The van der Waals surface area contributed by atoms with E-state index in [0.29, 0.717) is 18.5 Å². The maximum atomic E-state index is 13.6. The molecule has 1 aromatic carbocycles. The number of imide groups is 1. The molecule has 3 rings (SSSR count). The van der Waals surface area contributed by atoms with Gasteiger partial charge < -0.3 is 14.9 Å². The van der Waals surface area contributed by atoms with E-state index in [1.807, 2.05) is 0 Å². The van der Waals surface area contributed by atoms with E-state index in [1.54, 1.807) is 30.9 Å². The molecule has 0 spiro atoms. The van der Waals surface area contributed by atoms with Gasteiger partial charge in [0.25, 0.3) is 5.91 Å². The first-order chi connectivity index (χ1) is 14.2. The monoisotopic (exact) mass is 419 g/mol. The van der Waals surface area contributed by atoms with Crippen LogP contribution in [0.25, 0.3) is 0 Å². The highest BCUT2D eigenvalue weighted by molar-refractivity contribution is 6.02. The summed E-state index contributed by atoms with van der Waals surface area (Å²) in [5.41, 5.74) is 0.603. The average Bonchev–Trinajstić information content (AvgIpc) is 3.10. The normalized spacial score (nSPS) is 21.4. The Morgan fingerprint density at radius 3 is 2.60 bits per heavy atom. The third kappa shape index (κ3) is 4.29. The zero-order chi connectivity index (χ0) is 22.0. The van der Waals surface area contributed by atoms with Crippen molar-refractivity contribution in [2.24, 2.45) is 0 Å². The van der Waals surface area contributed by atoms with Gasteiger partial charge in [0.15, 0.2) is 0 Å². The molecule has 2 heterocycles. The van der Waals surface area contributed by atoms with E-state index < -0.39 is 41.9 Å². The molecule has 2 fully saturated rings. The fraction of sp³-hybridized carbons (Fsp3) is 0.524. The first-order valence-electron chi connectivity index (χ1n) is 10.1. The van der Waals surface area contributed by atoms with Crippen molar-refractivity contribution in [3.05, 3.63) is 35.6 Å². The van der Waals surface area contributed by atoms with Gasteiger partial charge in [0.05, 0.1) is 6.04 Å². The molecule has 162 valence electrons. The number of rotatable bonds is 7. The van der Waals surface area contributed by atoms with Gasteiger partial charge in [-0.2, -0.15) is 0 Å². The Bertz CT molecular complexity index is 859. The van der Waals surface area contributed by atoms with Crippen molar-refractivity contribution < 1.29 is 28.7 Å². The minimum Gasteiger partial charge on any atom is -0.481 e. The molecular formula is C21H26FN3O5. The summed E-state index contributed by atoms with van der Waals surface area (Å²) in [6.45, 7) is 3.90. The highest BCUT2D eigenvalue weighted by atomic mass is 19.1. The van der Waals surface area contributed by atoms with Crippen LogP contribution in [0, 0.1) is 5.82 Å². The van der Waals surface area contributed by atoms with Crippen molar-refractivity contribution in [1.29, 1.82) is 0 Å². The topological polar surface area (TPSA) is 98.2 Å². The summed E-state index contributed by atoms with van der Waals surface area (Å²) in [5.74, 6) is -2.10. The van der Waals surface area contributed by atoms with Gasteiger partial charge in [-0.05, 0) is 44.4 Å². The van der Waals surface area contributed by atoms with Crippen molar-refractivity contribution in [1.82, 2.24) is 14.7 Å². The lowest BCUT2D eigenvalue weighted by molar-refractivity contribution is -0.147. The zero-order valence-electron chi connectivity index (χ0n) is 17.1.